The van der Waals surface area contributed by atoms with E-state index in [1.807, 2.05) is 6.07 Å². The fourth-order valence-corrected chi connectivity index (χ4v) is 3.31. The molecule has 136 valence electrons. The van der Waals surface area contributed by atoms with Crippen molar-refractivity contribution in [2.75, 3.05) is 19.7 Å². The number of β-amino-alcohol motifs (C(OH)–C–C–N with tert-alkyl or cyclic N) is 1. The lowest BCUT2D eigenvalue weighted by Gasteiger charge is -2.42. The normalized spacial score (nSPS) is 23.3. The summed E-state index contributed by atoms with van der Waals surface area (Å²) in [6, 6.07) is 6.71. The number of rotatable bonds is 4. The van der Waals surface area contributed by atoms with Crippen LogP contribution in [0.4, 0.5) is 13.2 Å². The van der Waals surface area contributed by atoms with Gasteiger partial charge in [0.15, 0.2) is 6.61 Å². The Morgan fingerprint density at radius 2 is 1.96 bits per heavy atom. The summed E-state index contributed by atoms with van der Waals surface area (Å²) in [7, 11) is 0. The summed E-state index contributed by atoms with van der Waals surface area (Å²) in [6.07, 6.45) is -3.81. The van der Waals surface area contributed by atoms with E-state index < -0.39 is 12.8 Å². The van der Waals surface area contributed by atoms with Crippen molar-refractivity contribution in [3.63, 3.8) is 0 Å². The average molecular weight is 345 g/mol. The van der Waals surface area contributed by atoms with Crippen LogP contribution in [0.15, 0.2) is 24.3 Å². The van der Waals surface area contributed by atoms with E-state index in [0.29, 0.717) is 13.1 Å². The third-order valence-electron chi connectivity index (χ3n) is 4.49. The summed E-state index contributed by atoms with van der Waals surface area (Å²) >= 11 is 0. The van der Waals surface area contributed by atoms with Crippen LogP contribution in [0.25, 0.3) is 0 Å². The quantitative estimate of drug-likeness (QED) is 0.899. The highest BCUT2D eigenvalue weighted by Gasteiger charge is 2.35. The number of likely N-dealkylation sites (tertiary alicyclic amines) is 1. The number of ether oxygens (including phenoxy) is 1. The summed E-state index contributed by atoms with van der Waals surface area (Å²) in [5.41, 5.74) is 0.952. The molecule has 0 aromatic heterocycles. The lowest BCUT2D eigenvalue weighted by molar-refractivity contribution is -0.153. The van der Waals surface area contributed by atoms with Crippen molar-refractivity contribution in [3.05, 3.63) is 29.8 Å². The first kappa shape index (κ1) is 19.1. The Labute approximate surface area is 141 Å². The summed E-state index contributed by atoms with van der Waals surface area (Å²) in [5, 5.41) is 10.4. The van der Waals surface area contributed by atoms with Crippen LogP contribution in [0.2, 0.25) is 0 Å². The molecule has 3 nitrogen and oxygen atoms in total. The molecule has 6 heteroatoms. The van der Waals surface area contributed by atoms with Crippen molar-refractivity contribution >= 4 is 0 Å². The maximum absolute atomic E-state index is 12.2. The Morgan fingerprint density at radius 3 is 2.54 bits per heavy atom. The minimum Gasteiger partial charge on any atom is -0.484 e. The Morgan fingerprint density at radius 1 is 1.25 bits per heavy atom. The molecule has 0 bridgehead atoms. The standard InChI is InChI=1S/C18H26F3NO2/c1-17(2,3)15-7-8-22(11-16(15)23)10-13-5-4-6-14(9-13)24-12-18(19,20)21/h4-6,9,15-16,23H,7-8,10-12H2,1-3H3/t15-,16+/m0/s1. The highest BCUT2D eigenvalue weighted by Crippen LogP contribution is 2.35. The zero-order valence-corrected chi connectivity index (χ0v) is 14.4. The molecule has 0 aliphatic carbocycles. The Hall–Kier alpha value is -1.27. The number of nitrogens with zero attached hydrogens (tertiary/aromatic N) is 1. The topological polar surface area (TPSA) is 32.7 Å². The Bertz CT molecular complexity index is 540. The number of hydrogen-bond acceptors (Lipinski definition) is 3. The molecule has 0 amide bonds. The van der Waals surface area contributed by atoms with Gasteiger partial charge in [-0.2, -0.15) is 13.2 Å². The maximum atomic E-state index is 12.2. The van der Waals surface area contributed by atoms with Gasteiger partial charge < -0.3 is 9.84 Å². The molecule has 0 saturated carbocycles. The molecule has 24 heavy (non-hydrogen) atoms. The van der Waals surface area contributed by atoms with Gasteiger partial charge in [0.25, 0.3) is 0 Å². The van der Waals surface area contributed by atoms with Crippen molar-refractivity contribution in [3.8, 4) is 5.75 Å². The second kappa shape index (κ2) is 7.31. The van der Waals surface area contributed by atoms with Gasteiger partial charge in [-0.05, 0) is 42.0 Å². The van der Waals surface area contributed by atoms with Gasteiger partial charge in [-0.3, -0.25) is 4.90 Å². The van der Waals surface area contributed by atoms with Gasteiger partial charge in [0.05, 0.1) is 6.10 Å². The number of hydrogen-bond donors (Lipinski definition) is 1. The molecule has 0 unspecified atom stereocenters. The molecule has 1 aliphatic heterocycles. The summed E-state index contributed by atoms with van der Waals surface area (Å²) in [6.45, 7) is 7.17. The monoisotopic (exact) mass is 345 g/mol. The molecule has 1 fully saturated rings. The number of halogens is 3. The molecule has 2 atom stereocenters. The smallest absolute Gasteiger partial charge is 0.422 e. The second-order valence-electron chi connectivity index (χ2n) is 7.61. The highest BCUT2D eigenvalue weighted by atomic mass is 19.4. The lowest BCUT2D eigenvalue weighted by Crippen LogP contribution is -2.47. The van der Waals surface area contributed by atoms with Crippen molar-refractivity contribution in [2.45, 2.75) is 46.0 Å². The summed E-state index contributed by atoms with van der Waals surface area (Å²) in [4.78, 5) is 2.13. The summed E-state index contributed by atoms with van der Waals surface area (Å²) in [5.74, 6) is 0.477. The van der Waals surface area contributed by atoms with E-state index in [1.165, 1.54) is 6.07 Å². The Kier molecular flexibility index (Phi) is 5.81. The molecule has 0 spiro atoms. The van der Waals surface area contributed by atoms with E-state index in [0.717, 1.165) is 18.5 Å². The molecular weight excluding hydrogens is 319 g/mol. The molecule has 1 saturated heterocycles. The lowest BCUT2D eigenvalue weighted by atomic mass is 9.73. The SMILES string of the molecule is CC(C)(C)[C@H]1CCN(Cc2cccc(OCC(F)(F)F)c2)C[C@H]1O. The predicted octanol–water partition coefficient (Wildman–Crippen LogP) is 3.86. The van der Waals surface area contributed by atoms with Crippen LogP contribution < -0.4 is 4.74 Å². The average Bonchev–Trinajstić information content (AvgIpc) is 2.43. The molecule has 1 aromatic carbocycles. The van der Waals surface area contributed by atoms with Crippen LogP contribution >= 0.6 is 0 Å². The number of benzene rings is 1. The molecule has 1 aliphatic rings. The van der Waals surface area contributed by atoms with Crippen molar-refractivity contribution < 1.29 is 23.0 Å². The van der Waals surface area contributed by atoms with Crippen LogP contribution in [0.3, 0.4) is 0 Å². The van der Waals surface area contributed by atoms with Crippen molar-refractivity contribution in [1.82, 2.24) is 4.90 Å². The zero-order chi connectivity index (χ0) is 18.0. The van der Waals surface area contributed by atoms with Gasteiger partial charge in [0.1, 0.15) is 5.75 Å². The molecule has 2 rings (SSSR count). The van der Waals surface area contributed by atoms with Gasteiger partial charge >= 0.3 is 6.18 Å². The Balaban J connectivity index is 1.93. The van der Waals surface area contributed by atoms with Crippen LogP contribution in [0, 0.1) is 11.3 Å². The predicted molar refractivity (Wildman–Crippen MR) is 86.8 cm³/mol. The minimum atomic E-state index is -4.34. The minimum absolute atomic E-state index is 0.0663. The van der Waals surface area contributed by atoms with Crippen molar-refractivity contribution in [2.24, 2.45) is 11.3 Å². The van der Waals surface area contributed by atoms with E-state index >= 15 is 0 Å². The number of aliphatic hydroxyl groups is 1. The van der Waals surface area contributed by atoms with Gasteiger partial charge in [0.2, 0.25) is 0 Å². The maximum Gasteiger partial charge on any atom is 0.422 e. The van der Waals surface area contributed by atoms with Gasteiger partial charge in [-0.1, -0.05) is 32.9 Å². The molecule has 1 aromatic rings. The van der Waals surface area contributed by atoms with Gasteiger partial charge in [0, 0.05) is 13.1 Å². The second-order valence-corrected chi connectivity index (χ2v) is 7.61. The van der Waals surface area contributed by atoms with Gasteiger partial charge in [-0.15, -0.1) is 0 Å². The van der Waals surface area contributed by atoms with Crippen LogP contribution in [-0.4, -0.2) is 42.0 Å². The van der Waals surface area contributed by atoms with Crippen LogP contribution in [0.1, 0.15) is 32.8 Å². The van der Waals surface area contributed by atoms with Crippen molar-refractivity contribution in [1.29, 1.82) is 0 Å². The fraction of sp³-hybridized carbons (Fsp3) is 0.667. The molecule has 0 radical (unpaired) electrons. The number of aliphatic hydroxyl groups excluding tert-OH is 1. The van der Waals surface area contributed by atoms with E-state index in [4.69, 9.17) is 4.74 Å². The van der Waals surface area contributed by atoms with Gasteiger partial charge in [-0.25, -0.2) is 0 Å². The summed E-state index contributed by atoms with van der Waals surface area (Å²) < 4.78 is 41.5. The van der Waals surface area contributed by atoms with Crippen LogP contribution in [-0.2, 0) is 6.54 Å². The fourth-order valence-electron chi connectivity index (χ4n) is 3.31. The number of alkyl halides is 3. The third kappa shape index (κ3) is 5.67. The van der Waals surface area contributed by atoms with E-state index in [9.17, 15) is 18.3 Å². The first-order valence-corrected chi connectivity index (χ1v) is 8.23. The molecule has 1 heterocycles. The molecule has 1 N–H and O–H groups in total. The van der Waals surface area contributed by atoms with E-state index in [1.54, 1.807) is 12.1 Å². The third-order valence-corrected chi connectivity index (χ3v) is 4.49. The zero-order valence-electron chi connectivity index (χ0n) is 14.4. The number of piperidine rings is 1. The molecular formula is C18H26F3NO2. The largest absolute Gasteiger partial charge is 0.484 e. The first-order valence-electron chi connectivity index (χ1n) is 8.23. The van der Waals surface area contributed by atoms with Crippen LogP contribution in [0.5, 0.6) is 5.75 Å². The highest BCUT2D eigenvalue weighted by molar-refractivity contribution is 5.28. The first-order chi connectivity index (χ1) is 11.0. The van der Waals surface area contributed by atoms with E-state index in [-0.39, 0.29) is 23.2 Å². The van der Waals surface area contributed by atoms with E-state index in [2.05, 4.69) is 25.7 Å².